The summed E-state index contributed by atoms with van der Waals surface area (Å²) in [6.45, 7) is 7.24. The van der Waals surface area contributed by atoms with E-state index >= 15 is 0 Å². The molecule has 2 N–H and O–H groups in total. The number of nitrogens with zero attached hydrogens (tertiary/aromatic N) is 4. The van der Waals surface area contributed by atoms with Crippen molar-refractivity contribution in [1.29, 1.82) is 0 Å². The molecule has 0 aliphatic rings. The van der Waals surface area contributed by atoms with E-state index in [1.54, 1.807) is 12.4 Å². The quantitative estimate of drug-likeness (QED) is 0.756. The topological polar surface area (TPSA) is 58.3 Å². The number of thiocarbonyl (C=S) groups is 1. The minimum atomic E-state index is 0.280. The van der Waals surface area contributed by atoms with Crippen LogP contribution in [-0.2, 0) is 0 Å². The van der Waals surface area contributed by atoms with Crippen LogP contribution in [0.15, 0.2) is 12.4 Å². The molecule has 0 atom stereocenters. The summed E-state index contributed by atoms with van der Waals surface area (Å²) in [5.74, 6) is 1.44. The van der Waals surface area contributed by atoms with Crippen molar-refractivity contribution in [1.82, 2.24) is 14.9 Å². The van der Waals surface area contributed by atoms with Gasteiger partial charge in [0.15, 0.2) is 0 Å². The summed E-state index contributed by atoms with van der Waals surface area (Å²) in [5, 5.41) is 0. The maximum absolute atomic E-state index is 5.53. The average molecular weight is 281 g/mol. The predicted octanol–water partition coefficient (Wildman–Crippen LogP) is 1.13. The number of aromatic nitrogens is 2. The first kappa shape index (κ1) is 15.8. The normalized spacial score (nSPS) is 11.1. The molecular weight excluding hydrogens is 258 g/mol. The van der Waals surface area contributed by atoms with Gasteiger partial charge in [0, 0.05) is 19.6 Å². The molecule has 0 bridgehead atoms. The molecule has 106 valence electrons. The van der Waals surface area contributed by atoms with Crippen molar-refractivity contribution in [3.8, 4) is 0 Å². The van der Waals surface area contributed by atoms with E-state index in [1.807, 2.05) is 0 Å². The van der Waals surface area contributed by atoms with E-state index in [0.29, 0.717) is 11.6 Å². The highest BCUT2D eigenvalue weighted by Crippen LogP contribution is 2.11. The lowest BCUT2D eigenvalue weighted by Gasteiger charge is -2.26. The molecule has 0 aromatic carbocycles. The second kappa shape index (κ2) is 7.35. The number of rotatable bonds is 7. The van der Waals surface area contributed by atoms with Crippen LogP contribution >= 0.6 is 12.2 Å². The van der Waals surface area contributed by atoms with Gasteiger partial charge in [-0.2, -0.15) is 0 Å². The predicted molar refractivity (Wildman–Crippen MR) is 83.5 cm³/mol. The Hall–Kier alpha value is -1.27. The van der Waals surface area contributed by atoms with Gasteiger partial charge in [-0.25, -0.2) is 9.97 Å². The van der Waals surface area contributed by atoms with E-state index in [9.17, 15) is 0 Å². The molecule has 0 aliphatic heterocycles. The fourth-order valence-electron chi connectivity index (χ4n) is 1.67. The van der Waals surface area contributed by atoms with Gasteiger partial charge in [0.2, 0.25) is 0 Å². The number of likely N-dealkylation sites (N-methyl/N-ethyl adjacent to an activating group) is 1. The molecule has 0 fully saturated rings. The Morgan fingerprint density at radius 2 is 1.95 bits per heavy atom. The minimum Gasteiger partial charge on any atom is -0.388 e. The van der Waals surface area contributed by atoms with E-state index in [4.69, 9.17) is 18.0 Å². The summed E-state index contributed by atoms with van der Waals surface area (Å²) in [4.78, 5) is 13.3. The summed E-state index contributed by atoms with van der Waals surface area (Å²) in [6, 6.07) is 0. The summed E-state index contributed by atoms with van der Waals surface area (Å²) in [7, 11) is 4.13. The fraction of sp³-hybridized carbons (Fsp3) is 0.615. The van der Waals surface area contributed by atoms with E-state index in [1.165, 1.54) is 0 Å². The van der Waals surface area contributed by atoms with Crippen LogP contribution in [0, 0.1) is 5.92 Å². The second-order valence-corrected chi connectivity index (χ2v) is 5.71. The fourth-order valence-corrected chi connectivity index (χ4v) is 1.78. The van der Waals surface area contributed by atoms with Crippen LogP contribution < -0.4 is 10.6 Å². The van der Waals surface area contributed by atoms with Crippen LogP contribution in [-0.4, -0.2) is 53.6 Å². The third kappa shape index (κ3) is 5.48. The maximum atomic E-state index is 5.53. The highest BCUT2D eigenvalue weighted by molar-refractivity contribution is 7.80. The Bertz CT molecular complexity index is 402. The molecule has 1 aromatic rings. The third-order valence-electron chi connectivity index (χ3n) is 2.62. The van der Waals surface area contributed by atoms with Crippen LogP contribution in [0.4, 0.5) is 5.82 Å². The minimum absolute atomic E-state index is 0.280. The summed E-state index contributed by atoms with van der Waals surface area (Å²) < 4.78 is 0. The highest BCUT2D eigenvalue weighted by atomic mass is 32.1. The zero-order valence-electron chi connectivity index (χ0n) is 12.1. The van der Waals surface area contributed by atoms with Crippen molar-refractivity contribution in [3.63, 3.8) is 0 Å². The lowest BCUT2D eigenvalue weighted by atomic mass is 10.2. The van der Waals surface area contributed by atoms with Crippen LogP contribution in [0.3, 0.4) is 0 Å². The first-order valence-corrected chi connectivity index (χ1v) is 6.82. The van der Waals surface area contributed by atoms with Crippen molar-refractivity contribution >= 4 is 23.0 Å². The van der Waals surface area contributed by atoms with Gasteiger partial charge < -0.3 is 15.5 Å². The lowest BCUT2D eigenvalue weighted by molar-refractivity contribution is 0.408. The zero-order chi connectivity index (χ0) is 14.4. The molecule has 0 aliphatic carbocycles. The van der Waals surface area contributed by atoms with Gasteiger partial charge in [0.25, 0.3) is 0 Å². The van der Waals surface area contributed by atoms with Gasteiger partial charge in [-0.15, -0.1) is 0 Å². The lowest BCUT2D eigenvalue weighted by Crippen LogP contribution is -2.35. The van der Waals surface area contributed by atoms with Crippen LogP contribution in [0.5, 0.6) is 0 Å². The summed E-state index contributed by atoms with van der Waals surface area (Å²) in [5.41, 5.74) is 6.09. The summed E-state index contributed by atoms with van der Waals surface area (Å²) >= 11 is 4.88. The molecule has 1 heterocycles. The molecular formula is C13H23N5S. The third-order valence-corrected chi connectivity index (χ3v) is 2.83. The van der Waals surface area contributed by atoms with Crippen LogP contribution in [0.25, 0.3) is 0 Å². The Kier molecular flexibility index (Phi) is 6.11. The standard InChI is InChI=1S/C13H23N5S/c1-10(2)9-18(6-5-17(3)4)12-8-15-11(7-16-12)13(14)19/h7-8,10H,5-6,9H2,1-4H3,(H2,14,19). The molecule has 19 heavy (non-hydrogen) atoms. The van der Waals surface area contributed by atoms with Gasteiger partial charge in [-0.3, -0.25) is 0 Å². The monoisotopic (exact) mass is 281 g/mol. The summed E-state index contributed by atoms with van der Waals surface area (Å²) in [6.07, 6.45) is 3.38. The largest absolute Gasteiger partial charge is 0.388 e. The van der Waals surface area contributed by atoms with E-state index < -0.39 is 0 Å². The van der Waals surface area contributed by atoms with E-state index in [0.717, 1.165) is 25.5 Å². The molecule has 0 unspecified atom stereocenters. The smallest absolute Gasteiger partial charge is 0.147 e. The van der Waals surface area contributed by atoms with Gasteiger partial charge in [-0.1, -0.05) is 26.1 Å². The molecule has 1 aromatic heterocycles. The second-order valence-electron chi connectivity index (χ2n) is 5.27. The molecule has 0 radical (unpaired) electrons. The number of nitrogens with two attached hydrogens (primary N) is 1. The molecule has 6 heteroatoms. The van der Waals surface area contributed by atoms with Crippen molar-refractivity contribution in [2.45, 2.75) is 13.8 Å². The van der Waals surface area contributed by atoms with Crippen molar-refractivity contribution in [3.05, 3.63) is 18.1 Å². The van der Waals surface area contributed by atoms with Gasteiger partial charge in [-0.05, 0) is 20.0 Å². The van der Waals surface area contributed by atoms with E-state index in [2.05, 4.69) is 47.7 Å². The zero-order valence-corrected chi connectivity index (χ0v) is 12.9. The molecule has 0 saturated heterocycles. The average Bonchev–Trinajstić information content (AvgIpc) is 2.34. The first-order chi connectivity index (χ1) is 8.90. The van der Waals surface area contributed by atoms with Gasteiger partial charge >= 0.3 is 0 Å². The van der Waals surface area contributed by atoms with Gasteiger partial charge in [0.05, 0.1) is 12.4 Å². The van der Waals surface area contributed by atoms with Crippen molar-refractivity contribution in [2.75, 3.05) is 38.6 Å². The maximum Gasteiger partial charge on any atom is 0.147 e. The number of hydrogen-bond acceptors (Lipinski definition) is 5. The molecule has 0 amide bonds. The SMILES string of the molecule is CC(C)CN(CCN(C)C)c1cnc(C(N)=S)cn1. The van der Waals surface area contributed by atoms with Crippen molar-refractivity contribution < 1.29 is 0 Å². The first-order valence-electron chi connectivity index (χ1n) is 6.41. The Labute approximate surface area is 120 Å². The molecule has 5 nitrogen and oxygen atoms in total. The molecule has 0 saturated carbocycles. The number of anilines is 1. The van der Waals surface area contributed by atoms with Crippen LogP contribution in [0.2, 0.25) is 0 Å². The Morgan fingerprint density at radius 3 is 2.37 bits per heavy atom. The Morgan fingerprint density at radius 1 is 1.26 bits per heavy atom. The molecule has 0 spiro atoms. The van der Waals surface area contributed by atoms with Gasteiger partial charge in [0.1, 0.15) is 16.5 Å². The van der Waals surface area contributed by atoms with Crippen LogP contribution in [0.1, 0.15) is 19.5 Å². The van der Waals surface area contributed by atoms with Crippen molar-refractivity contribution in [2.24, 2.45) is 11.7 Å². The number of hydrogen-bond donors (Lipinski definition) is 1. The van der Waals surface area contributed by atoms with E-state index in [-0.39, 0.29) is 4.99 Å². The Balaban J connectivity index is 2.80. The molecule has 1 rings (SSSR count). The highest BCUT2D eigenvalue weighted by Gasteiger charge is 2.11.